The summed E-state index contributed by atoms with van der Waals surface area (Å²) in [6.45, 7) is 2.09. The van der Waals surface area contributed by atoms with E-state index in [4.69, 9.17) is 18.9 Å². The summed E-state index contributed by atoms with van der Waals surface area (Å²) in [5.74, 6) is -2.00. The minimum Gasteiger partial charge on any atom is -0.450 e. The lowest BCUT2D eigenvalue weighted by Gasteiger charge is -2.19. The van der Waals surface area contributed by atoms with Crippen molar-refractivity contribution in [2.45, 2.75) is 24.4 Å². The molecule has 0 aromatic heterocycles. The van der Waals surface area contributed by atoms with Gasteiger partial charge in [-0.3, -0.25) is 0 Å². The fraction of sp³-hybridized carbons (Fsp3) is 0.833. The van der Waals surface area contributed by atoms with Gasteiger partial charge in [-0.05, 0) is 0 Å². The largest absolute Gasteiger partial charge is 0.450 e. The molecule has 0 saturated carbocycles. The first-order valence-electron chi connectivity index (χ1n) is 6.54. The van der Waals surface area contributed by atoms with Gasteiger partial charge in [0.15, 0.2) is 0 Å². The third kappa shape index (κ3) is 3.45. The van der Waals surface area contributed by atoms with Gasteiger partial charge in [-0.15, -0.1) is 0 Å². The van der Waals surface area contributed by atoms with E-state index >= 15 is 0 Å². The summed E-state index contributed by atoms with van der Waals surface area (Å²) in [6, 6.07) is 0. The van der Waals surface area contributed by atoms with Gasteiger partial charge in [0.1, 0.15) is 24.4 Å². The molecular formula is C12H20N2O6. The Morgan fingerprint density at radius 1 is 0.750 bits per heavy atom. The van der Waals surface area contributed by atoms with E-state index < -0.39 is 24.1 Å². The minimum absolute atomic E-state index is 0.244. The van der Waals surface area contributed by atoms with E-state index in [2.05, 4.69) is 10.6 Å². The topological polar surface area (TPSA) is 95.1 Å². The Labute approximate surface area is 117 Å². The molecule has 2 aliphatic rings. The van der Waals surface area contributed by atoms with Gasteiger partial charge in [-0.2, -0.15) is 0 Å². The molecule has 0 radical (unpaired) electrons. The molecule has 2 aliphatic heterocycles. The lowest BCUT2D eigenvalue weighted by molar-refractivity contribution is -0.178. The summed E-state index contributed by atoms with van der Waals surface area (Å²) in [4.78, 5) is 23.4. The standard InChI is InChI=1S/C12H20N2O6/c1-17-7-3-13-5-9(7)19-11(15)12(16)20-10-6-14-4-8(10)18-2/h7-10,13-14H,3-6H2,1-2H3/t7-,8-,9-,10-/m1/s1. The van der Waals surface area contributed by atoms with Crippen molar-refractivity contribution in [1.29, 1.82) is 0 Å². The molecule has 0 aromatic carbocycles. The zero-order valence-corrected chi connectivity index (χ0v) is 11.6. The van der Waals surface area contributed by atoms with Crippen LogP contribution in [0.2, 0.25) is 0 Å². The highest BCUT2D eigenvalue weighted by Crippen LogP contribution is 2.11. The average Bonchev–Trinajstić information content (AvgIpc) is 3.07. The summed E-state index contributed by atoms with van der Waals surface area (Å²) < 4.78 is 20.5. The molecule has 2 heterocycles. The van der Waals surface area contributed by atoms with Crippen LogP contribution in [0.25, 0.3) is 0 Å². The smallest absolute Gasteiger partial charge is 0.417 e. The molecule has 0 bridgehead atoms. The number of ether oxygens (including phenoxy) is 4. The Morgan fingerprint density at radius 2 is 1.10 bits per heavy atom. The SMILES string of the molecule is CO[C@@H]1CNC[C@H]1OC(=O)C(=O)O[C@@H]1CNC[C@H]1OC. The van der Waals surface area contributed by atoms with Gasteiger partial charge in [0.2, 0.25) is 0 Å². The second-order valence-corrected chi connectivity index (χ2v) is 4.75. The van der Waals surface area contributed by atoms with Gasteiger partial charge in [-0.1, -0.05) is 0 Å². The lowest BCUT2D eigenvalue weighted by atomic mass is 10.2. The van der Waals surface area contributed by atoms with Gasteiger partial charge in [0, 0.05) is 40.4 Å². The predicted molar refractivity (Wildman–Crippen MR) is 67.1 cm³/mol. The number of nitrogens with one attached hydrogen (secondary N) is 2. The zero-order valence-electron chi connectivity index (χ0n) is 11.6. The van der Waals surface area contributed by atoms with E-state index in [1.54, 1.807) is 0 Å². The first kappa shape index (κ1) is 15.2. The molecule has 8 nitrogen and oxygen atoms in total. The molecule has 2 saturated heterocycles. The normalized spacial score (nSPS) is 33.1. The molecule has 2 N–H and O–H groups in total. The van der Waals surface area contributed by atoms with Crippen LogP contribution >= 0.6 is 0 Å². The fourth-order valence-electron chi connectivity index (χ4n) is 2.34. The quantitative estimate of drug-likeness (QED) is 0.455. The van der Waals surface area contributed by atoms with Crippen molar-refractivity contribution in [1.82, 2.24) is 10.6 Å². The van der Waals surface area contributed by atoms with Crippen LogP contribution in [0.5, 0.6) is 0 Å². The van der Waals surface area contributed by atoms with Gasteiger partial charge >= 0.3 is 11.9 Å². The molecule has 0 unspecified atom stereocenters. The summed E-state index contributed by atoms with van der Waals surface area (Å²) >= 11 is 0. The number of hydrogen-bond acceptors (Lipinski definition) is 8. The van der Waals surface area contributed by atoms with Crippen molar-refractivity contribution in [3.05, 3.63) is 0 Å². The molecule has 0 aromatic rings. The van der Waals surface area contributed by atoms with Crippen LogP contribution in [-0.2, 0) is 28.5 Å². The molecule has 4 atom stereocenters. The fourth-order valence-corrected chi connectivity index (χ4v) is 2.34. The number of esters is 2. The molecule has 2 rings (SSSR count). The highest BCUT2D eigenvalue weighted by Gasteiger charge is 2.36. The Balaban J connectivity index is 1.81. The van der Waals surface area contributed by atoms with Crippen molar-refractivity contribution in [2.24, 2.45) is 0 Å². The Hall–Kier alpha value is -1.22. The van der Waals surface area contributed by atoms with Gasteiger partial charge in [0.25, 0.3) is 0 Å². The average molecular weight is 288 g/mol. The van der Waals surface area contributed by atoms with Crippen LogP contribution < -0.4 is 10.6 Å². The minimum atomic E-state index is -0.998. The Kier molecular flexibility index (Phi) is 5.30. The maximum absolute atomic E-state index is 11.7. The number of carbonyl (C=O) groups is 2. The van der Waals surface area contributed by atoms with Gasteiger partial charge < -0.3 is 29.6 Å². The Morgan fingerprint density at radius 3 is 1.45 bits per heavy atom. The predicted octanol–water partition coefficient (Wildman–Crippen LogP) is -1.95. The molecule has 0 spiro atoms. The lowest BCUT2D eigenvalue weighted by Crippen LogP contribution is -2.38. The van der Waals surface area contributed by atoms with Crippen molar-refractivity contribution in [2.75, 3.05) is 40.4 Å². The highest BCUT2D eigenvalue weighted by atomic mass is 16.6. The van der Waals surface area contributed by atoms with E-state index in [0.717, 1.165) is 0 Å². The van der Waals surface area contributed by atoms with Crippen LogP contribution in [0.15, 0.2) is 0 Å². The molecule has 8 heteroatoms. The van der Waals surface area contributed by atoms with E-state index in [1.807, 2.05) is 0 Å². The maximum atomic E-state index is 11.7. The molecule has 20 heavy (non-hydrogen) atoms. The van der Waals surface area contributed by atoms with Crippen LogP contribution in [0.4, 0.5) is 0 Å². The first-order valence-corrected chi connectivity index (χ1v) is 6.54. The van der Waals surface area contributed by atoms with E-state index in [0.29, 0.717) is 26.2 Å². The maximum Gasteiger partial charge on any atom is 0.417 e. The number of carbonyl (C=O) groups excluding carboxylic acids is 2. The zero-order chi connectivity index (χ0) is 14.5. The Bertz CT molecular complexity index is 330. The summed E-state index contributed by atoms with van der Waals surface area (Å²) in [7, 11) is 3.06. The van der Waals surface area contributed by atoms with E-state index in [1.165, 1.54) is 14.2 Å². The molecule has 0 amide bonds. The second kappa shape index (κ2) is 6.98. The summed E-state index contributed by atoms with van der Waals surface area (Å²) in [6.07, 6.45) is -1.43. The van der Waals surface area contributed by atoms with E-state index in [-0.39, 0.29) is 12.2 Å². The molecule has 2 fully saturated rings. The summed E-state index contributed by atoms with van der Waals surface area (Å²) in [5.41, 5.74) is 0. The van der Waals surface area contributed by atoms with Crippen LogP contribution in [0.3, 0.4) is 0 Å². The second-order valence-electron chi connectivity index (χ2n) is 4.75. The van der Waals surface area contributed by atoms with Crippen LogP contribution in [0.1, 0.15) is 0 Å². The van der Waals surface area contributed by atoms with Crippen molar-refractivity contribution >= 4 is 11.9 Å². The number of methoxy groups -OCH3 is 2. The molecule has 114 valence electrons. The van der Waals surface area contributed by atoms with Gasteiger partial charge in [-0.25, -0.2) is 9.59 Å². The molecular weight excluding hydrogens is 268 g/mol. The third-order valence-corrected chi connectivity index (χ3v) is 3.50. The van der Waals surface area contributed by atoms with Gasteiger partial charge in [0.05, 0.1) is 0 Å². The van der Waals surface area contributed by atoms with Crippen molar-refractivity contribution < 1.29 is 28.5 Å². The van der Waals surface area contributed by atoms with E-state index in [9.17, 15) is 9.59 Å². The van der Waals surface area contributed by atoms with Crippen LogP contribution in [-0.4, -0.2) is 76.8 Å². The monoisotopic (exact) mass is 288 g/mol. The van der Waals surface area contributed by atoms with Crippen LogP contribution in [0, 0.1) is 0 Å². The van der Waals surface area contributed by atoms with Crippen molar-refractivity contribution in [3.8, 4) is 0 Å². The van der Waals surface area contributed by atoms with Crippen molar-refractivity contribution in [3.63, 3.8) is 0 Å². The summed E-state index contributed by atoms with van der Waals surface area (Å²) in [5, 5.41) is 6.05. The third-order valence-electron chi connectivity index (χ3n) is 3.50. The first-order chi connectivity index (χ1) is 9.65. The molecule has 0 aliphatic carbocycles. The highest BCUT2D eigenvalue weighted by molar-refractivity contribution is 6.29. The number of hydrogen-bond donors (Lipinski definition) is 2. The number of rotatable bonds is 4.